The molecule has 1 amide bonds. The molecule has 1 fully saturated rings. The largest absolute Gasteiger partial charge is 0.349 e. The van der Waals surface area contributed by atoms with Crippen molar-refractivity contribution in [3.05, 3.63) is 35.9 Å². The normalized spacial score (nSPS) is 24.1. The summed E-state index contributed by atoms with van der Waals surface area (Å²) in [6.45, 7) is 2.14. The Bertz CT molecular complexity index is 404. The van der Waals surface area contributed by atoms with E-state index in [-0.39, 0.29) is 23.9 Å². The summed E-state index contributed by atoms with van der Waals surface area (Å²) < 4.78 is 0. The van der Waals surface area contributed by atoms with E-state index in [1.54, 1.807) is 0 Å². The minimum absolute atomic E-state index is 0.00284. The van der Waals surface area contributed by atoms with Gasteiger partial charge < -0.3 is 11.1 Å². The zero-order valence-electron chi connectivity index (χ0n) is 11.6. The predicted molar refractivity (Wildman–Crippen MR) is 77.6 cm³/mol. The molecule has 0 radical (unpaired) electrons. The zero-order chi connectivity index (χ0) is 13.7. The number of rotatable bonds is 5. The third-order valence-corrected chi connectivity index (χ3v) is 4.00. The number of amides is 1. The Morgan fingerprint density at radius 1 is 1.37 bits per heavy atom. The smallest absolute Gasteiger partial charge is 0.225 e. The van der Waals surface area contributed by atoms with Crippen LogP contribution < -0.4 is 11.1 Å². The molecule has 0 spiro atoms. The van der Waals surface area contributed by atoms with E-state index in [0.29, 0.717) is 0 Å². The van der Waals surface area contributed by atoms with Crippen molar-refractivity contribution in [3.63, 3.8) is 0 Å². The average Bonchev–Trinajstić information content (AvgIpc) is 2.85. The highest BCUT2D eigenvalue weighted by Gasteiger charge is 2.31. The van der Waals surface area contributed by atoms with Crippen LogP contribution in [0, 0.1) is 5.92 Å². The van der Waals surface area contributed by atoms with Gasteiger partial charge in [-0.05, 0) is 24.8 Å². The van der Waals surface area contributed by atoms with E-state index in [4.69, 9.17) is 5.73 Å². The molecule has 0 aromatic heterocycles. The maximum Gasteiger partial charge on any atom is 0.225 e. The topological polar surface area (TPSA) is 55.1 Å². The Balaban J connectivity index is 2.02. The average molecular weight is 260 g/mol. The summed E-state index contributed by atoms with van der Waals surface area (Å²) in [5.41, 5.74) is 7.19. The number of hydrogen-bond acceptors (Lipinski definition) is 2. The minimum atomic E-state index is 0.00284. The maximum atomic E-state index is 12.3. The molecule has 19 heavy (non-hydrogen) atoms. The molecule has 2 rings (SSSR count). The molecule has 104 valence electrons. The fraction of sp³-hybridized carbons (Fsp3) is 0.562. The first-order valence-corrected chi connectivity index (χ1v) is 7.33. The molecule has 3 heteroatoms. The standard InChI is InChI=1S/C16H24N2O/c1-2-7-15(12-8-4-3-5-9-12)18-16(19)13-10-6-11-14(13)17/h3-5,8-9,13-15H,2,6-7,10-11,17H2,1H3,(H,18,19). The van der Waals surface area contributed by atoms with Gasteiger partial charge in [0.15, 0.2) is 0 Å². The monoisotopic (exact) mass is 260 g/mol. The second kappa shape index (κ2) is 6.71. The second-order valence-electron chi connectivity index (χ2n) is 5.46. The number of hydrogen-bond donors (Lipinski definition) is 2. The van der Waals surface area contributed by atoms with Crippen LogP contribution in [0.2, 0.25) is 0 Å². The van der Waals surface area contributed by atoms with Crippen LogP contribution in [-0.2, 0) is 4.79 Å². The summed E-state index contributed by atoms with van der Waals surface area (Å²) in [6, 6.07) is 10.4. The highest BCUT2D eigenvalue weighted by Crippen LogP contribution is 2.26. The van der Waals surface area contributed by atoms with Crippen molar-refractivity contribution < 1.29 is 4.79 Å². The van der Waals surface area contributed by atoms with Gasteiger partial charge in [-0.2, -0.15) is 0 Å². The number of nitrogens with one attached hydrogen (secondary N) is 1. The lowest BCUT2D eigenvalue weighted by Gasteiger charge is -2.22. The van der Waals surface area contributed by atoms with Gasteiger partial charge in [-0.15, -0.1) is 0 Å². The first-order chi connectivity index (χ1) is 9.22. The van der Waals surface area contributed by atoms with E-state index in [1.165, 1.54) is 5.56 Å². The Hall–Kier alpha value is -1.35. The van der Waals surface area contributed by atoms with Crippen molar-refractivity contribution in [3.8, 4) is 0 Å². The van der Waals surface area contributed by atoms with Crippen LogP contribution in [0.3, 0.4) is 0 Å². The van der Waals surface area contributed by atoms with Gasteiger partial charge in [-0.25, -0.2) is 0 Å². The first kappa shape index (κ1) is 14.1. The molecule has 1 saturated carbocycles. The molecule has 1 aliphatic carbocycles. The van der Waals surface area contributed by atoms with Crippen LogP contribution in [0.4, 0.5) is 0 Å². The van der Waals surface area contributed by atoms with Gasteiger partial charge in [-0.3, -0.25) is 4.79 Å². The van der Waals surface area contributed by atoms with Crippen LogP contribution in [-0.4, -0.2) is 11.9 Å². The predicted octanol–water partition coefficient (Wildman–Crippen LogP) is 2.77. The van der Waals surface area contributed by atoms with Gasteiger partial charge in [0.05, 0.1) is 12.0 Å². The highest BCUT2D eigenvalue weighted by atomic mass is 16.2. The molecular formula is C16H24N2O. The van der Waals surface area contributed by atoms with Gasteiger partial charge >= 0.3 is 0 Å². The Kier molecular flexibility index (Phi) is 4.97. The van der Waals surface area contributed by atoms with Crippen LogP contribution in [0.5, 0.6) is 0 Å². The molecule has 0 saturated heterocycles. The molecule has 0 bridgehead atoms. The van der Waals surface area contributed by atoms with Crippen LogP contribution >= 0.6 is 0 Å². The Morgan fingerprint density at radius 3 is 2.68 bits per heavy atom. The van der Waals surface area contributed by atoms with Crippen molar-refractivity contribution >= 4 is 5.91 Å². The van der Waals surface area contributed by atoms with Crippen molar-refractivity contribution in [2.24, 2.45) is 11.7 Å². The summed E-state index contributed by atoms with van der Waals surface area (Å²) in [6.07, 6.45) is 5.00. The van der Waals surface area contributed by atoms with Gasteiger partial charge in [-0.1, -0.05) is 50.1 Å². The third-order valence-electron chi connectivity index (χ3n) is 4.00. The fourth-order valence-electron chi connectivity index (χ4n) is 2.89. The van der Waals surface area contributed by atoms with E-state index in [0.717, 1.165) is 32.1 Å². The van der Waals surface area contributed by atoms with E-state index in [2.05, 4.69) is 24.4 Å². The first-order valence-electron chi connectivity index (χ1n) is 7.33. The molecule has 3 unspecified atom stereocenters. The molecule has 1 aliphatic rings. The molecule has 3 nitrogen and oxygen atoms in total. The lowest BCUT2D eigenvalue weighted by atomic mass is 9.99. The zero-order valence-corrected chi connectivity index (χ0v) is 11.6. The summed E-state index contributed by atoms with van der Waals surface area (Å²) in [5.74, 6) is 0.135. The Labute approximate surface area is 115 Å². The summed E-state index contributed by atoms with van der Waals surface area (Å²) in [7, 11) is 0. The van der Waals surface area contributed by atoms with Crippen molar-refractivity contribution in [2.75, 3.05) is 0 Å². The molecular weight excluding hydrogens is 236 g/mol. The fourth-order valence-corrected chi connectivity index (χ4v) is 2.89. The van der Waals surface area contributed by atoms with Crippen molar-refractivity contribution in [2.45, 2.75) is 51.1 Å². The van der Waals surface area contributed by atoms with Crippen molar-refractivity contribution in [1.29, 1.82) is 0 Å². The van der Waals surface area contributed by atoms with Gasteiger partial charge in [0.2, 0.25) is 5.91 Å². The number of benzene rings is 1. The summed E-state index contributed by atoms with van der Waals surface area (Å²) >= 11 is 0. The molecule has 3 N–H and O–H groups in total. The van der Waals surface area contributed by atoms with Gasteiger partial charge in [0.1, 0.15) is 0 Å². The molecule has 0 heterocycles. The number of carbonyl (C=O) groups is 1. The van der Waals surface area contributed by atoms with E-state index >= 15 is 0 Å². The minimum Gasteiger partial charge on any atom is -0.349 e. The maximum absolute atomic E-state index is 12.3. The molecule has 0 aliphatic heterocycles. The van der Waals surface area contributed by atoms with Crippen LogP contribution in [0.25, 0.3) is 0 Å². The summed E-state index contributed by atoms with van der Waals surface area (Å²) in [4.78, 5) is 12.3. The molecule has 3 atom stereocenters. The van der Waals surface area contributed by atoms with E-state index in [1.807, 2.05) is 18.2 Å². The SMILES string of the molecule is CCCC(NC(=O)C1CCCC1N)c1ccccc1. The number of carbonyl (C=O) groups excluding carboxylic acids is 1. The number of nitrogens with two attached hydrogens (primary N) is 1. The van der Waals surface area contributed by atoms with E-state index < -0.39 is 0 Å². The third kappa shape index (κ3) is 3.57. The Morgan fingerprint density at radius 2 is 2.11 bits per heavy atom. The lowest BCUT2D eigenvalue weighted by molar-refractivity contribution is -0.126. The van der Waals surface area contributed by atoms with Crippen LogP contribution in [0.15, 0.2) is 30.3 Å². The van der Waals surface area contributed by atoms with Gasteiger partial charge in [0.25, 0.3) is 0 Å². The second-order valence-corrected chi connectivity index (χ2v) is 5.46. The molecule has 1 aromatic carbocycles. The highest BCUT2D eigenvalue weighted by molar-refractivity contribution is 5.80. The molecule has 1 aromatic rings. The van der Waals surface area contributed by atoms with E-state index in [9.17, 15) is 4.79 Å². The van der Waals surface area contributed by atoms with Crippen molar-refractivity contribution in [1.82, 2.24) is 5.32 Å². The van der Waals surface area contributed by atoms with Gasteiger partial charge in [0, 0.05) is 6.04 Å². The van der Waals surface area contributed by atoms with Crippen LogP contribution in [0.1, 0.15) is 50.6 Å². The lowest BCUT2D eigenvalue weighted by Crippen LogP contribution is -2.40. The quantitative estimate of drug-likeness (QED) is 0.855. The summed E-state index contributed by atoms with van der Waals surface area (Å²) in [5, 5.41) is 3.19.